The van der Waals surface area contributed by atoms with E-state index in [4.69, 9.17) is 16.3 Å². The van der Waals surface area contributed by atoms with Gasteiger partial charge in [0.05, 0.1) is 11.8 Å². The van der Waals surface area contributed by atoms with Crippen LogP contribution in [-0.4, -0.2) is 96.9 Å². The summed E-state index contributed by atoms with van der Waals surface area (Å²) in [5.41, 5.74) is 0. The fourth-order valence-electron chi connectivity index (χ4n) is 3.28. The number of aliphatic hydroxyl groups excluding tert-OH is 4. The van der Waals surface area contributed by atoms with Crippen molar-refractivity contribution in [2.24, 2.45) is 17.1 Å². The Hall–Kier alpha value is -1.08. The van der Waals surface area contributed by atoms with Crippen molar-refractivity contribution in [2.75, 3.05) is 19.0 Å². The minimum atomic E-state index is -2.26. The Morgan fingerprint density at radius 3 is 2.21 bits per heavy atom. The number of nitroso groups, excluding NO2 is 1. The van der Waals surface area contributed by atoms with Gasteiger partial charge in [-0.25, -0.2) is 4.79 Å². The van der Waals surface area contributed by atoms with E-state index >= 15 is 0 Å². The molecule has 6 atom stereocenters. The normalized spacial score (nSPS) is 31.0. The van der Waals surface area contributed by atoms with Crippen LogP contribution in [0.15, 0.2) is 5.29 Å². The van der Waals surface area contributed by atoms with E-state index in [1.54, 1.807) is 27.7 Å². The van der Waals surface area contributed by atoms with Gasteiger partial charge in [-0.1, -0.05) is 27.7 Å². The molecule has 2 amide bonds. The molecule has 170 valence electrons. The summed E-state index contributed by atoms with van der Waals surface area (Å²) in [7, 11) is 0. The van der Waals surface area contributed by atoms with E-state index in [1.807, 2.05) is 0 Å². The summed E-state index contributed by atoms with van der Waals surface area (Å²) in [5.74, 6) is -2.67. The van der Waals surface area contributed by atoms with Gasteiger partial charge in [0, 0.05) is 18.8 Å². The van der Waals surface area contributed by atoms with Crippen LogP contribution in [0.5, 0.6) is 0 Å². The number of hydrogen-bond donors (Lipinski definition) is 5. The van der Waals surface area contributed by atoms with Crippen LogP contribution in [0, 0.1) is 16.7 Å². The lowest BCUT2D eigenvalue weighted by Gasteiger charge is -2.49. The van der Waals surface area contributed by atoms with Gasteiger partial charge in [0.2, 0.25) is 0 Å². The van der Waals surface area contributed by atoms with Crippen LogP contribution in [0.25, 0.3) is 0 Å². The Labute approximate surface area is 174 Å². The molecule has 12 heteroatoms. The zero-order valence-electron chi connectivity index (χ0n) is 17.1. The minimum Gasteiger partial charge on any atom is -0.387 e. The summed E-state index contributed by atoms with van der Waals surface area (Å²) >= 11 is 5.57. The van der Waals surface area contributed by atoms with Gasteiger partial charge >= 0.3 is 6.03 Å². The first-order valence-corrected chi connectivity index (χ1v) is 10.0. The van der Waals surface area contributed by atoms with Gasteiger partial charge in [0.25, 0.3) is 0 Å². The predicted octanol–water partition coefficient (Wildman–Crippen LogP) is -0.179. The molecule has 1 unspecified atom stereocenters. The molecule has 0 aliphatic carbocycles. The Kier molecular flexibility index (Phi) is 9.67. The quantitative estimate of drug-likeness (QED) is 0.142. The first-order valence-electron chi connectivity index (χ1n) is 9.49. The van der Waals surface area contributed by atoms with Crippen LogP contribution in [0.4, 0.5) is 4.79 Å². The van der Waals surface area contributed by atoms with Crippen molar-refractivity contribution in [3.63, 3.8) is 0 Å². The van der Waals surface area contributed by atoms with E-state index < -0.39 is 42.5 Å². The number of carbonyl (C=O) groups is 1. The highest BCUT2D eigenvalue weighted by Gasteiger charge is 2.55. The second-order valence-electron chi connectivity index (χ2n) is 8.09. The molecule has 0 aromatic rings. The Morgan fingerprint density at radius 2 is 1.76 bits per heavy atom. The summed E-state index contributed by atoms with van der Waals surface area (Å²) in [6.07, 6.45) is -9.12. The number of nitrogens with zero attached hydrogens (tertiary/aromatic N) is 3. The molecule has 1 fully saturated rings. The predicted molar refractivity (Wildman–Crippen MR) is 103 cm³/mol. The highest BCUT2D eigenvalue weighted by Crippen LogP contribution is 2.35. The molecule has 1 rings (SSSR count). The lowest BCUT2D eigenvalue weighted by molar-refractivity contribution is -0.367. The van der Waals surface area contributed by atoms with Gasteiger partial charge in [-0.15, -0.1) is 16.5 Å². The Balaban J connectivity index is 3.22. The van der Waals surface area contributed by atoms with E-state index in [-0.39, 0.29) is 37.2 Å². The van der Waals surface area contributed by atoms with Crippen LogP contribution in [0.2, 0.25) is 0 Å². The number of aliphatic hydroxyl groups is 5. The molecule has 1 saturated heterocycles. The van der Waals surface area contributed by atoms with Crippen molar-refractivity contribution in [3.8, 4) is 0 Å². The Morgan fingerprint density at radius 1 is 1.17 bits per heavy atom. The van der Waals surface area contributed by atoms with Crippen LogP contribution < -0.4 is 0 Å². The molecule has 0 spiro atoms. The lowest BCUT2D eigenvalue weighted by Crippen LogP contribution is -2.69. The number of amides is 2. The van der Waals surface area contributed by atoms with Crippen LogP contribution >= 0.6 is 11.6 Å². The number of halogens is 1. The van der Waals surface area contributed by atoms with Crippen LogP contribution in [-0.2, 0) is 4.74 Å². The van der Waals surface area contributed by atoms with Gasteiger partial charge in [-0.3, -0.25) is 4.90 Å². The standard InChI is InChI=1S/C17H32ClN3O8/c1-9(2)7-17(27)14(24)12(23)11(22)13(29-17)15(25)20(8-10(3)4)16(26)21(19-28)6-5-18/h9-15,22-25,27H,5-8H2,1-4H3/t11-,12-,13-,14+,15?,17+/m0/s1. The van der Waals surface area contributed by atoms with E-state index in [2.05, 4.69) is 5.29 Å². The third kappa shape index (κ3) is 6.20. The van der Waals surface area contributed by atoms with Crippen molar-refractivity contribution in [2.45, 2.75) is 70.5 Å². The van der Waals surface area contributed by atoms with E-state index in [9.17, 15) is 35.2 Å². The smallest absolute Gasteiger partial charge is 0.345 e. The topological polar surface area (TPSA) is 163 Å². The molecular formula is C17H32ClN3O8. The summed E-state index contributed by atoms with van der Waals surface area (Å²) in [4.78, 5) is 24.5. The maximum atomic E-state index is 12.7. The number of rotatable bonds is 9. The average Bonchev–Trinajstić information content (AvgIpc) is 2.63. The van der Waals surface area contributed by atoms with Gasteiger partial charge in [0.1, 0.15) is 24.4 Å². The highest BCUT2D eigenvalue weighted by atomic mass is 35.5. The maximum Gasteiger partial charge on any atom is 0.345 e. The second kappa shape index (κ2) is 10.8. The number of alkyl halides is 1. The minimum absolute atomic E-state index is 0.0534. The zero-order valence-corrected chi connectivity index (χ0v) is 17.8. The maximum absolute atomic E-state index is 12.7. The summed E-state index contributed by atoms with van der Waals surface area (Å²) in [5, 5.41) is 55.4. The molecule has 1 heterocycles. The molecule has 0 aromatic heterocycles. The third-order valence-electron chi connectivity index (χ3n) is 4.55. The first-order chi connectivity index (χ1) is 13.4. The zero-order chi connectivity index (χ0) is 22.5. The van der Waals surface area contributed by atoms with Crippen molar-refractivity contribution in [3.05, 3.63) is 4.91 Å². The molecule has 1 aliphatic rings. The molecule has 0 aromatic carbocycles. The van der Waals surface area contributed by atoms with Gasteiger partial charge in [-0.2, -0.15) is 5.01 Å². The van der Waals surface area contributed by atoms with Gasteiger partial charge < -0.3 is 30.3 Å². The number of ether oxygens (including phenoxy) is 1. The summed E-state index contributed by atoms with van der Waals surface area (Å²) < 4.78 is 5.43. The Bertz CT molecular complexity index is 555. The number of hydrogen-bond acceptors (Lipinski definition) is 9. The molecule has 11 nitrogen and oxygen atoms in total. The number of carbonyl (C=O) groups excluding carboxylic acids is 1. The summed E-state index contributed by atoms with van der Waals surface area (Å²) in [6.45, 7) is 6.72. The van der Waals surface area contributed by atoms with Gasteiger partial charge in [0.15, 0.2) is 12.0 Å². The fraction of sp³-hybridized carbons (Fsp3) is 0.941. The summed E-state index contributed by atoms with van der Waals surface area (Å²) in [6, 6.07) is -0.981. The SMILES string of the molecule is CC(C)CN(C(=O)N(CCCl)N=O)C(O)[C@H]1O[C@](O)(CC(C)C)[C@H](O)[C@@H](O)[C@@H]1O. The molecule has 1 aliphatic heterocycles. The number of urea groups is 1. The second-order valence-corrected chi connectivity index (χ2v) is 8.47. The molecular weight excluding hydrogens is 410 g/mol. The monoisotopic (exact) mass is 441 g/mol. The molecule has 5 N–H and O–H groups in total. The van der Waals surface area contributed by atoms with Crippen molar-refractivity contribution in [1.82, 2.24) is 9.91 Å². The first kappa shape index (κ1) is 26.0. The largest absolute Gasteiger partial charge is 0.387 e. The van der Waals surface area contributed by atoms with Crippen molar-refractivity contribution >= 4 is 17.6 Å². The molecule has 0 radical (unpaired) electrons. The third-order valence-corrected chi connectivity index (χ3v) is 4.72. The van der Waals surface area contributed by atoms with E-state index in [0.717, 1.165) is 4.90 Å². The fourth-order valence-corrected chi connectivity index (χ4v) is 3.44. The lowest BCUT2D eigenvalue weighted by atomic mass is 9.87. The van der Waals surface area contributed by atoms with Crippen LogP contribution in [0.3, 0.4) is 0 Å². The van der Waals surface area contributed by atoms with Crippen molar-refractivity contribution < 1.29 is 35.1 Å². The van der Waals surface area contributed by atoms with Crippen LogP contribution in [0.1, 0.15) is 34.1 Å². The van der Waals surface area contributed by atoms with Crippen molar-refractivity contribution in [1.29, 1.82) is 0 Å². The molecule has 29 heavy (non-hydrogen) atoms. The average molecular weight is 442 g/mol. The van der Waals surface area contributed by atoms with E-state index in [1.165, 1.54) is 0 Å². The molecule has 0 saturated carbocycles. The van der Waals surface area contributed by atoms with E-state index in [0.29, 0.717) is 5.01 Å². The molecule has 0 bridgehead atoms. The van der Waals surface area contributed by atoms with Gasteiger partial charge in [-0.05, 0) is 11.8 Å². The highest BCUT2D eigenvalue weighted by molar-refractivity contribution is 6.18.